The standard InChI is InChI=1S/C9H16N2O3/c12-8-1-2-11(7-8)9(13)10-3-5-14-6-4-10/h8,12H,1-7H2/t8-/m0/s1. The van der Waals surface area contributed by atoms with E-state index in [4.69, 9.17) is 4.74 Å². The molecule has 0 aromatic heterocycles. The zero-order valence-electron chi connectivity index (χ0n) is 8.19. The summed E-state index contributed by atoms with van der Waals surface area (Å²) in [5.74, 6) is 0. The molecule has 2 aliphatic heterocycles. The summed E-state index contributed by atoms with van der Waals surface area (Å²) in [6, 6.07) is 0.0462. The van der Waals surface area contributed by atoms with E-state index in [1.807, 2.05) is 0 Å². The fourth-order valence-corrected chi connectivity index (χ4v) is 1.87. The highest BCUT2D eigenvalue weighted by Crippen LogP contribution is 2.12. The second kappa shape index (κ2) is 4.14. The summed E-state index contributed by atoms with van der Waals surface area (Å²) in [6.07, 6.45) is 0.371. The number of carbonyl (C=O) groups excluding carboxylic acids is 1. The molecule has 2 aliphatic rings. The number of likely N-dealkylation sites (tertiary alicyclic amines) is 1. The first-order valence-electron chi connectivity index (χ1n) is 5.07. The second-order valence-electron chi connectivity index (χ2n) is 3.77. The van der Waals surface area contributed by atoms with E-state index < -0.39 is 0 Å². The number of aliphatic hydroxyl groups is 1. The maximum absolute atomic E-state index is 11.8. The highest BCUT2D eigenvalue weighted by molar-refractivity contribution is 5.74. The van der Waals surface area contributed by atoms with E-state index in [9.17, 15) is 9.90 Å². The first-order valence-corrected chi connectivity index (χ1v) is 5.07. The summed E-state index contributed by atoms with van der Waals surface area (Å²) in [6.45, 7) is 3.76. The fourth-order valence-electron chi connectivity index (χ4n) is 1.87. The molecule has 0 aromatic carbocycles. The highest BCUT2D eigenvalue weighted by Gasteiger charge is 2.28. The lowest BCUT2D eigenvalue weighted by Crippen LogP contribution is -2.47. The molecule has 0 saturated carbocycles. The second-order valence-corrected chi connectivity index (χ2v) is 3.77. The Hall–Kier alpha value is -0.810. The van der Waals surface area contributed by atoms with Crippen LogP contribution in [0, 0.1) is 0 Å². The molecule has 2 saturated heterocycles. The number of carbonyl (C=O) groups is 1. The SMILES string of the molecule is O=C(N1CCOCC1)N1CC[C@H](O)C1. The molecule has 0 spiro atoms. The molecule has 1 atom stereocenters. The van der Waals surface area contributed by atoms with Crippen LogP contribution in [0.3, 0.4) is 0 Å². The van der Waals surface area contributed by atoms with Crippen LogP contribution in [0.5, 0.6) is 0 Å². The van der Waals surface area contributed by atoms with E-state index in [2.05, 4.69) is 0 Å². The number of β-amino-alcohol motifs (C(OH)–C–C–N with tert-alkyl or cyclic N) is 1. The summed E-state index contributed by atoms with van der Waals surface area (Å²) in [7, 11) is 0. The predicted octanol–water partition coefficient (Wildman–Crippen LogP) is -0.495. The van der Waals surface area contributed by atoms with Crippen molar-refractivity contribution < 1.29 is 14.6 Å². The molecule has 0 bridgehead atoms. The predicted molar refractivity (Wildman–Crippen MR) is 50.0 cm³/mol. The minimum Gasteiger partial charge on any atom is -0.391 e. The van der Waals surface area contributed by atoms with E-state index in [-0.39, 0.29) is 12.1 Å². The van der Waals surface area contributed by atoms with Gasteiger partial charge in [0.1, 0.15) is 0 Å². The Kier molecular flexibility index (Phi) is 2.88. The van der Waals surface area contributed by atoms with E-state index in [0.717, 1.165) is 0 Å². The van der Waals surface area contributed by atoms with Crippen LogP contribution in [0.25, 0.3) is 0 Å². The smallest absolute Gasteiger partial charge is 0.320 e. The molecule has 14 heavy (non-hydrogen) atoms. The van der Waals surface area contributed by atoms with Gasteiger partial charge in [-0.1, -0.05) is 0 Å². The van der Waals surface area contributed by atoms with Crippen LogP contribution in [0.1, 0.15) is 6.42 Å². The summed E-state index contributed by atoms with van der Waals surface area (Å²) in [5, 5.41) is 9.31. The van der Waals surface area contributed by atoms with Crippen molar-refractivity contribution in [2.75, 3.05) is 39.4 Å². The first kappa shape index (κ1) is 9.73. The Morgan fingerprint density at radius 1 is 1.21 bits per heavy atom. The van der Waals surface area contributed by atoms with Gasteiger partial charge in [-0.15, -0.1) is 0 Å². The summed E-state index contributed by atoms with van der Waals surface area (Å²) in [4.78, 5) is 15.3. The van der Waals surface area contributed by atoms with E-state index >= 15 is 0 Å². The number of urea groups is 1. The molecule has 2 amide bonds. The van der Waals surface area contributed by atoms with Gasteiger partial charge in [-0.2, -0.15) is 0 Å². The monoisotopic (exact) mass is 200 g/mol. The molecule has 1 N–H and O–H groups in total. The van der Waals surface area contributed by atoms with Gasteiger partial charge in [0.15, 0.2) is 0 Å². The normalized spacial score (nSPS) is 28.2. The molecule has 0 aromatic rings. The fraction of sp³-hybridized carbons (Fsp3) is 0.889. The Bertz CT molecular complexity index is 209. The van der Waals surface area contributed by atoms with E-state index in [1.54, 1.807) is 9.80 Å². The average molecular weight is 200 g/mol. The lowest BCUT2D eigenvalue weighted by molar-refractivity contribution is 0.0441. The van der Waals surface area contributed by atoms with E-state index in [0.29, 0.717) is 45.8 Å². The molecule has 0 radical (unpaired) electrons. The Balaban J connectivity index is 1.87. The number of hydrogen-bond acceptors (Lipinski definition) is 3. The number of aliphatic hydroxyl groups excluding tert-OH is 1. The number of rotatable bonds is 0. The molecule has 5 heteroatoms. The van der Waals surface area contributed by atoms with Gasteiger partial charge in [0.25, 0.3) is 0 Å². The molecule has 5 nitrogen and oxygen atoms in total. The summed E-state index contributed by atoms with van der Waals surface area (Å²) in [5.41, 5.74) is 0. The molecule has 2 rings (SSSR count). The third-order valence-electron chi connectivity index (χ3n) is 2.72. The third-order valence-corrected chi connectivity index (χ3v) is 2.72. The number of hydrogen-bond donors (Lipinski definition) is 1. The Morgan fingerprint density at radius 2 is 1.93 bits per heavy atom. The van der Waals surface area contributed by atoms with Crippen LogP contribution >= 0.6 is 0 Å². The van der Waals surface area contributed by atoms with Crippen molar-refractivity contribution in [2.24, 2.45) is 0 Å². The van der Waals surface area contributed by atoms with Crippen molar-refractivity contribution in [1.29, 1.82) is 0 Å². The van der Waals surface area contributed by atoms with Gasteiger partial charge >= 0.3 is 6.03 Å². The highest BCUT2D eigenvalue weighted by atomic mass is 16.5. The van der Waals surface area contributed by atoms with Gasteiger partial charge in [0, 0.05) is 26.2 Å². The zero-order valence-corrected chi connectivity index (χ0v) is 8.19. The molecule has 2 fully saturated rings. The zero-order chi connectivity index (χ0) is 9.97. The number of morpholine rings is 1. The first-order chi connectivity index (χ1) is 6.77. The Labute approximate surface area is 83.2 Å². The van der Waals surface area contributed by atoms with Crippen molar-refractivity contribution in [3.8, 4) is 0 Å². The molecular formula is C9H16N2O3. The molecular weight excluding hydrogens is 184 g/mol. The molecule has 0 aliphatic carbocycles. The largest absolute Gasteiger partial charge is 0.391 e. The molecule has 0 unspecified atom stereocenters. The third kappa shape index (κ3) is 1.99. The van der Waals surface area contributed by atoms with Crippen LogP contribution < -0.4 is 0 Å². The minimum atomic E-state index is -0.333. The van der Waals surface area contributed by atoms with Crippen molar-refractivity contribution in [3.05, 3.63) is 0 Å². The van der Waals surface area contributed by atoms with E-state index in [1.165, 1.54) is 0 Å². The van der Waals surface area contributed by atoms with Crippen LogP contribution in [-0.2, 0) is 4.74 Å². The van der Waals surface area contributed by atoms with Crippen LogP contribution in [0.2, 0.25) is 0 Å². The number of nitrogens with zero attached hydrogens (tertiary/aromatic N) is 2. The lowest BCUT2D eigenvalue weighted by atomic mass is 10.3. The maximum atomic E-state index is 11.8. The Morgan fingerprint density at radius 3 is 2.50 bits per heavy atom. The quantitative estimate of drug-likeness (QED) is 0.574. The number of amides is 2. The van der Waals surface area contributed by atoms with Crippen molar-refractivity contribution in [1.82, 2.24) is 9.80 Å². The van der Waals surface area contributed by atoms with Crippen LogP contribution in [0.4, 0.5) is 4.79 Å². The van der Waals surface area contributed by atoms with Crippen LogP contribution in [0.15, 0.2) is 0 Å². The summed E-state index contributed by atoms with van der Waals surface area (Å²) >= 11 is 0. The van der Waals surface area contributed by atoms with Crippen molar-refractivity contribution in [2.45, 2.75) is 12.5 Å². The lowest BCUT2D eigenvalue weighted by Gasteiger charge is -2.30. The van der Waals surface area contributed by atoms with Crippen molar-refractivity contribution >= 4 is 6.03 Å². The average Bonchev–Trinajstić information content (AvgIpc) is 2.65. The molecule has 80 valence electrons. The van der Waals surface area contributed by atoms with Gasteiger partial charge in [0.2, 0.25) is 0 Å². The van der Waals surface area contributed by atoms with Crippen LogP contribution in [-0.4, -0.2) is 66.4 Å². The van der Waals surface area contributed by atoms with Gasteiger partial charge in [0.05, 0.1) is 19.3 Å². The van der Waals surface area contributed by atoms with Gasteiger partial charge in [-0.25, -0.2) is 4.79 Å². The minimum absolute atomic E-state index is 0.0462. The topological polar surface area (TPSA) is 53.0 Å². The van der Waals surface area contributed by atoms with Gasteiger partial charge in [-0.3, -0.25) is 0 Å². The van der Waals surface area contributed by atoms with Crippen molar-refractivity contribution in [3.63, 3.8) is 0 Å². The van der Waals surface area contributed by atoms with Gasteiger partial charge < -0.3 is 19.6 Å². The number of ether oxygens (including phenoxy) is 1. The molecule has 2 heterocycles. The van der Waals surface area contributed by atoms with Gasteiger partial charge in [-0.05, 0) is 6.42 Å². The summed E-state index contributed by atoms with van der Waals surface area (Å²) < 4.78 is 5.17. The maximum Gasteiger partial charge on any atom is 0.320 e.